The molecule has 0 saturated carbocycles. The van der Waals surface area contributed by atoms with Gasteiger partial charge in [-0.2, -0.15) is 0 Å². The molecule has 36 heavy (non-hydrogen) atoms. The lowest BCUT2D eigenvalue weighted by Gasteiger charge is -2.43. The maximum Gasteiger partial charge on any atom is 0.303 e. The third kappa shape index (κ3) is 9.63. The second-order valence-electron chi connectivity index (χ2n) is 8.07. The highest BCUT2D eigenvalue weighted by molar-refractivity contribution is 5.92. The number of aliphatic hydroxyl groups excluding tert-OH is 3. The predicted molar refractivity (Wildman–Crippen MR) is 120 cm³/mol. The van der Waals surface area contributed by atoms with Crippen molar-refractivity contribution in [2.45, 2.75) is 88.9 Å². The fourth-order valence-electron chi connectivity index (χ4n) is 3.40. The molecule has 11 N–H and O–H groups in total. The van der Waals surface area contributed by atoms with Crippen LogP contribution in [0.2, 0.25) is 0 Å². The van der Waals surface area contributed by atoms with E-state index in [1.165, 1.54) is 6.92 Å². The second-order valence-corrected chi connectivity index (χ2v) is 8.07. The van der Waals surface area contributed by atoms with E-state index in [2.05, 4.69) is 16.0 Å². The van der Waals surface area contributed by atoms with Crippen molar-refractivity contribution in [2.24, 2.45) is 5.73 Å². The molecule has 208 valence electrons. The fourth-order valence-corrected chi connectivity index (χ4v) is 3.40. The molecule has 0 aliphatic carbocycles. The molecule has 1 aliphatic heterocycles. The van der Waals surface area contributed by atoms with Crippen molar-refractivity contribution in [1.82, 2.24) is 16.0 Å². The zero-order valence-corrected chi connectivity index (χ0v) is 20.2. The van der Waals surface area contributed by atoms with Gasteiger partial charge in [-0.15, -0.1) is 0 Å². The summed E-state index contributed by atoms with van der Waals surface area (Å²) >= 11 is 0. The molecule has 1 unspecified atom stereocenters. The lowest BCUT2D eigenvalue weighted by atomic mass is 9.96. The van der Waals surface area contributed by atoms with Crippen molar-refractivity contribution in [1.29, 1.82) is 0 Å². The Morgan fingerprint density at radius 2 is 1.67 bits per heavy atom. The number of primary amides is 1. The maximum absolute atomic E-state index is 12.7. The van der Waals surface area contributed by atoms with Crippen LogP contribution >= 0.6 is 0 Å². The molecular formula is C20H36N4O12. The average molecular weight is 525 g/mol. The molecule has 4 amide bonds. The van der Waals surface area contributed by atoms with Crippen LogP contribution in [-0.2, 0) is 33.4 Å². The number of carbonyl (C=O) groups is 5. The highest BCUT2D eigenvalue weighted by atomic mass is 16.6. The van der Waals surface area contributed by atoms with Crippen LogP contribution in [0.4, 0.5) is 0 Å². The number of carboxylic acids is 1. The van der Waals surface area contributed by atoms with E-state index in [9.17, 15) is 39.3 Å². The first-order valence-corrected chi connectivity index (χ1v) is 11.0. The van der Waals surface area contributed by atoms with Gasteiger partial charge < -0.3 is 57.1 Å². The number of ether oxygens (including phenoxy) is 2. The van der Waals surface area contributed by atoms with Gasteiger partial charge in [0.2, 0.25) is 23.6 Å². The van der Waals surface area contributed by atoms with Gasteiger partial charge in [-0.05, 0) is 19.8 Å². The first-order valence-electron chi connectivity index (χ1n) is 11.0. The molecule has 0 spiro atoms. The molecule has 1 aliphatic rings. The van der Waals surface area contributed by atoms with Crippen molar-refractivity contribution in [2.75, 3.05) is 6.61 Å². The molecule has 0 bridgehead atoms. The van der Waals surface area contributed by atoms with Crippen LogP contribution in [0.1, 0.15) is 40.0 Å². The number of nitrogens with two attached hydrogens (primary N) is 1. The Bertz CT molecular complexity index is 782. The summed E-state index contributed by atoms with van der Waals surface area (Å²) in [5.41, 5.74) is 5.20. The normalized spacial score (nSPS) is 25.9. The molecule has 1 heterocycles. The summed E-state index contributed by atoms with van der Waals surface area (Å²) in [5.74, 6) is -4.28. The van der Waals surface area contributed by atoms with Crippen LogP contribution < -0.4 is 21.7 Å². The van der Waals surface area contributed by atoms with E-state index in [0.717, 1.165) is 6.92 Å². The van der Waals surface area contributed by atoms with Gasteiger partial charge in [0.1, 0.15) is 42.5 Å². The minimum atomic E-state index is -1.65. The maximum atomic E-state index is 12.7. The summed E-state index contributed by atoms with van der Waals surface area (Å²) in [4.78, 5) is 59.0. The van der Waals surface area contributed by atoms with E-state index in [4.69, 9.17) is 20.3 Å². The third-order valence-corrected chi connectivity index (χ3v) is 5.32. The van der Waals surface area contributed by atoms with Crippen molar-refractivity contribution in [3.05, 3.63) is 0 Å². The fraction of sp³-hybridized carbons (Fsp3) is 0.750. The summed E-state index contributed by atoms with van der Waals surface area (Å²) in [6.45, 7) is 3.35. The van der Waals surface area contributed by atoms with E-state index < -0.39 is 91.5 Å². The molecule has 0 radical (unpaired) electrons. The Hall–Kier alpha value is -2.89. The van der Waals surface area contributed by atoms with E-state index >= 15 is 0 Å². The third-order valence-electron chi connectivity index (χ3n) is 5.32. The SMILES string of the molecule is CC[C@H](NC(=O)C(C)O[C@H]1[C@H](O)[C@@H](CO)O[C@@H](O)[C@@H]1NC(C)=O)C(=O)N[C@H](CCC(=O)O)C(N)=O.O. The summed E-state index contributed by atoms with van der Waals surface area (Å²) in [6, 6.07) is -3.66. The summed E-state index contributed by atoms with van der Waals surface area (Å²) in [5, 5.41) is 45.8. The molecule has 16 heteroatoms. The number of nitrogens with one attached hydrogen (secondary N) is 3. The Balaban J connectivity index is 0.0000122. The second kappa shape index (κ2) is 15.3. The number of rotatable bonds is 13. The van der Waals surface area contributed by atoms with Gasteiger partial charge in [-0.3, -0.25) is 24.0 Å². The molecule has 1 rings (SSSR count). The Morgan fingerprint density at radius 1 is 1.08 bits per heavy atom. The van der Waals surface area contributed by atoms with E-state index in [-0.39, 0.29) is 18.3 Å². The smallest absolute Gasteiger partial charge is 0.303 e. The minimum absolute atomic E-state index is 0. The number of carbonyl (C=O) groups excluding carboxylic acids is 4. The van der Waals surface area contributed by atoms with Crippen LogP contribution in [0, 0.1) is 0 Å². The largest absolute Gasteiger partial charge is 0.481 e. The van der Waals surface area contributed by atoms with Crippen LogP contribution in [0.3, 0.4) is 0 Å². The molecule has 8 atom stereocenters. The number of carboxylic acid groups (broad SMARTS) is 1. The van der Waals surface area contributed by atoms with Gasteiger partial charge in [0.05, 0.1) is 6.61 Å². The standard InChI is InChI=1S/C20H34N4O11.H2O/c1-4-10(19(32)24-11(17(21)30)5-6-13(27)28)23-18(31)8(2)34-16-14(22-9(3)26)20(33)35-12(7-25)15(16)29;/h8,10-12,14-16,20,25,29,33H,4-7H2,1-3H3,(H2,21,30)(H,22,26)(H,23,31)(H,24,32)(H,27,28);1H2/t8?,10-,11+,12+,14+,15+,16+,20+;/m0./s1. The summed E-state index contributed by atoms with van der Waals surface area (Å²) in [7, 11) is 0. The number of aliphatic carboxylic acids is 1. The lowest BCUT2D eigenvalue weighted by molar-refractivity contribution is -0.266. The number of amides is 4. The number of hydrogen-bond donors (Lipinski definition) is 8. The number of aliphatic hydroxyl groups is 3. The Kier molecular flexibility index (Phi) is 14.0. The first-order chi connectivity index (χ1) is 16.3. The Labute approximate surface area is 206 Å². The average Bonchev–Trinajstić information content (AvgIpc) is 2.78. The van der Waals surface area contributed by atoms with Crippen molar-refractivity contribution in [3.63, 3.8) is 0 Å². The first kappa shape index (κ1) is 33.1. The van der Waals surface area contributed by atoms with Gasteiger partial charge in [0.25, 0.3) is 0 Å². The van der Waals surface area contributed by atoms with Crippen LogP contribution in [0.25, 0.3) is 0 Å². The molecular weight excluding hydrogens is 488 g/mol. The zero-order chi connectivity index (χ0) is 26.9. The lowest BCUT2D eigenvalue weighted by Crippen LogP contribution is -2.65. The number of hydrogen-bond acceptors (Lipinski definition) is 10. The van der Waals surface area contributed by atoms with Gasteiger partial charge >= 0.3 is 5.97 Å². The van der Waals surface area contributed by atoms with Gasteiger partial charge in [-0.1, -0.05) is 6.92 Å². The van der Waals surface area contributed by atoms with Crippen LogP contribution in [0.5, 0.6) is 0 Å². The van der Waals surface area contributed by atoms with Gasteiger partial charge in [-0.25, -0.2) is 0 Å². The molecule has 1 fully saturated rings. The Morgan fingerprint density at radius 3 is 2.14 bits per heavy atom. The minimum Gasteiger partial charge on any atom is -0.481 e. The highest BCUT2D eigenvalue weighted by Gasteiger charge is 2.47. The van der Waals surface area contributed by atoms with E-state index in [1.54, 1.807) is 6.92 Å². The van der Waals surface area contributed by atoms with Crippen molar-refractivity contribution < 1.29 is 59.3 Å². The predicted octanol–water partition coefficient (Wildman–Crippen LogP) is -4.76. The molecule has 1 saturated heterocycles. The van der Waals surface area contributed by atoms with Gasteiger partial charge in [0, 0.05) is 13.3 Å². The monoisotopic (exact) mass is 524 g/mol. The summed E-state index contributed by atoms with van der Waals surface area (Å²) < 4.78 is 10.7. The highest BCUT2D eigenvalue weighted by Crippen LogP contribution is 2.23. The van der Waals surface area contributed by atoms with E-state index in [1.807, 2.05) is 0 Å². The molecule has 0 aromatic heterocycles. The van der Waals surface area contributed by atoms with Crippen LogP contribution in [0.15, 0.2) is 0 Å². The van der Waals surface area contributed by atoms with Gasteiger partial charge in [0.15, 0.2) is 6.29 Å². The van der Waals surface area contributed by atoms with E-state index in [0.29, 0.717) is 0 Å². The molecule has 0 aromatic carbocycles. The molecule has 16 nitrogen and oxygen atoms in total. The summed E-state index contributed by atoms with van der Waals surface area (Å²) in [6.07, 6.45) is -7.64. The van der Waals surface area contributed by atoms with Crippen molar-refractivity contribution in [3.8, 4) is 0 Å². The zero-order valence-electron chi connectivity index (χ0n) is 20.2. The van der Waals surface area contributed by atoms with Crippen LogP contribution in [-0.4, -0.2) is 111 Å². The van der Waals surface area contributed by atoms with Crippen molar-refractivity contribution >= 4 is 29.6 Å². The molecule has 0 aromatic rings. The quantitative estimate of drug-likeness (QED) is 0.113. The topological polar surface area (TPSA) is 278 Å².